The summed E-state index contributed by atoms with van der Waals surface area (Å²) in [6, 6.07) is 11.2. The molecule has 0 spiro atoms. The van der Waals surface area contributed by atoms with Crippen molar-refractivity contribution < 1.29 is 13.2 Å². The predicted octanol–water partition coefficient (Wildman–Crippen LogP) is 5.68. The SMILES string of the molecule is Cc1cnc(SCCc2ccccc2)nc1-c1c[nH]c2ncc(C(F)(F)F)cc12. The third-order valence-corrected chi connectivity index (χ3v) is 5.39. The van der Waals surface area contributed by atoms with Crippen LogP contribution in [-0.2, 0) is 12.6 Å². The van der Waals surface area contributed by atoms with Crippen LogP contribution in [0.4, 0.5) is 13.2 Å². The van der Waals surface area contributed by atoms with Crippen LogP contribution in [-0.4, -0.2) is 25.7 Å². The van der Waals surface area contributed by atoms with Crippen LogP contribution in [0.5, 0.6) is 0 Å². The number of hydrogen-bond donors (Lipinski definition) is 1. The Morgan fingerprint density at radius 1 is 1.07 bits per heavy atom. The number of fused-ring (bicyclic) bond motifs is 1. The fourth-order valence-electron chi connectivity index (χ4n) is 3.03. The molecule has 0 aliphatic rings. The molecule has 0 fully saturated rings. The van der Waals surface area contributed by atoms with E-state index in [9.17, 15) is 13.2 Å². The number of aromatic amines is 1. The van der Waals surface area contributed by atoms with Crippen LogP contribution < -0.4 is 0 Å². The number of nitrogens with zero attached hydrogens (tertiary/aromatic N) is 3. The minimum Gasteiger partial charge on any atom is -0.345 e. The van der Waals surface area contributed by atoms with E-state index in [1.165, 1.54) is 17.3 Å². The fourth-order valence-corrected chi connectivity index (χ4v) is 3.83. The summed E-state index contributed by atoms with van der Waals surface area (Å²) < 4.78 is 39.3. The van der Waals surface area contributed by atoms with Crippen molar-refractivity contribution in [3.8, 4) is 11.3 Å². The van der Waals surface area contributed by atoms with Gasteiger partial charge in [-0.2, -0.15) is 13.2 Å². The Morgan fingerprint density at radius 2 is 1.86 bits per heavy atom. The molecule has 0 bridgehead atoms. The molecule has 8 heteroatoms. The molecule has 0 aliphatic carbocycles. The molecule has 4 rings (SSSR count). The molecule has 3 heterocycles. The zero-order valence-corrected chi connectivity index (χ0v) is 16.3. The maximum atomic E-state index is 13.1. The first-order chi connectivity index (χ1) is 13.9. The van der Waals surface area contributed by atoms with Crippen LogP contribution in [0.3, 0.4) is 0 Å². The molecule has 0 amide bonds. The van der Waals surface area contributed by atoms with E-state index in [2.05, 4.69) is 32.1 Å². The summed E-state index contributed by atoms with van der Waals surface area (Å²) in [6.07, 6.45) is 0.609. The molecule has 0 saturated heterocycles. The highest BCUT2D eigenvalue weighted by Gasteiger charge is 2.31. The molecule has 1 N–H and O–H groups in total. The van der Waals surface area contributed by atoms with Crippen molar-refractivity contribution in [2.45, 2.75) is 24.7 Å². The smallest absolute Gasteiger partial charge is 0.345 e. The lowest BCUT2D eigenvalue weighted by Crippen LogP contribution is -2.05. The Bertz CT molecular complexity index is 1140. The molecule has 4 aromatic rings. The van der Waals surface area contributed by atoms with Crippen molar-refractivity contribution in [3.05, 3.63) is 71.7 Å². The molecular weight excluding hydrogens is 397 g/mol. The van der Waals surface area contributed by atoms with Gasteiger partial charge in [0.15, 0.2) is 5.16 Å². The number of benzene rings is 1. The summed E-state index contributed by atoms with van der Waals surface area (Å²) in [7, 11) is 0. The van der Waals surface area contributed by atoms with Crippen molar-refractivity contribution in [2.24, 2.45) is 0 Å². The molecule has 0 unspecified atom stereocenters. The van der Waals surface area contributed by atoms with E-state index in [0.717, 1.165) is 30.0 Å². The zero-order chi connectivity index (χ0) is 20.4. The van der Waals surface area contributed by atoms with Gasteiger partial charge in [-0.3, -0.25) is 0 Å². The van der Waals surface area contributed by atoms with Gasteiger partial charge >= 0.3 is 6.18 Å². The average Bonchev–Trinajstić information content (AvgIpc) is 3.12. The van der Waals surface area contributed by atoms with Gasteiger partial charge in [0.2, 0.25) is 0 Å². The molecule has 29 heavy (non-hydrogen) atoms. The molecule has 0 radical (unpaired) electrons. The summed E-state index contributed by atoms with van der Waals surface area (Å²) in [5.41, 5.74) is 2.82. The van der Waals surface area contributed by atoms with Crippen LogP contribution in [0.15, 0.2) is 60.1 Å². The first-order valence-electron chi connectivity index (χ1n) is 8.97. The number of thioether (sulfide) groups is 1. The van der Waals surface area contributed by atoms with E-state index >= 15 is 0 Å². The Balaban J connectivity index is 1.62. The highest BCUT2D eigenvalue weighted by molar-refractivity contribution is 7.99. The summed E-state index contributed by atoms with van der Waals surface area (Å²) >= 11 is 1.52. The second kappa shape index (κ2) is 7.87. The van der Waals surface area contributed by atoms with Crippen molar-refractivity contribution in [1.29, 1.82) is 0 Å². The van der Waals surface area contributed by atoms with Gasteiger partial charge in [-0.05, 0) is 30.5 Å². The molecule has 1 aromatic carbocycles. The van der Waals surface area contributed by atoms with Crippen molar-refractivity contribution >= 4 is 22.8 Å². The van der Waals surface area contributed by atoms with E-state index in [4.69, 9.17) is 0 Å². The molecule has 3 aromatic heterocycles. The first kappa shape index (κ1) is 19.4. The molecule has 148 valence electrons. The minimum atomic E-state index is -4.45. The van der Waals surface area contributed by atoms with Crippen molar-refractivity contribution in [1.82, 2.24) is 19.9 Å². The zero-order valence-electron chi connectivity index (χ0n) is 15.5. The second-order valence-electron chi connectivity index (χ2n) is 6.59. The maximum Gasteiger partial charge on any atom is 0.417 e. The van der Waals surface area contributed by atoms with Gasteiger partial charge in [-0.15, -0.1) is 0 Å². The van der Waals surface area contributed by atoms with E-state index < -0.39 is 11.7 Å². The number of rotatable bonds is 5. The first-order valence-corrected chi connectivity index (χ1v) is 9.95. The van der Waals surface area contributed by atoms with Gasteiger partial charge in [-0.1, -0.05) is 42.1 Å². The molecule has 0 aliphatic heterocycles. The number of aromatic nitrogens is 4. The number of hydrogen-bond acceptors (Lipinski definition) is 4. The summed E-state index contributed by atoms with van der Waals surface area (Å²) in [4.78, 5) is 15.8. The van der Waals surface area contributed by atoms with Gasteiger partial charge in [0, 0.05) is 35.3 Å². The number of halogens is 3. The molecular formula is C21H17F3N4S. The topological polar surface area (TPSA) is 54.5 Å². The Morgan fingerprint density at radius 3 is 2.62 bits per heavy atom. The highest BCUT2D eigenvalue weighted by atomic mass is 32.2. The standard InChI is InChI=1S/C21H17F3N4S/c1-13-10-27-20(29-8-7-14-5-3-2-4-6-14)28-18(13)17-12-26-19-16(17)9-15(11-25-19)21(22,23)24/h2-6,9-12H,7-8H2,1H3,(H,25,26). The second-order valence-corrected chi connectivity index (χ2v) is 7.65. The van der Waals surface area contributed by atoms with Crippen molar-refractivity contribution in [3.63, 3.8) is 0 Å². The molecule has 0 atom stereocenters. The average molecular weight is 414 g/mol. The third kappa shape index (κ3) is 4.27. The van der Waals surface area contributed by atoms with Crippen LogP contribution in [0.25, 0.3) is 22.3 Å². The normalized spacial score (nSPS) is 11.9. The van der Waals surface area contributed by atoms with Gasteiger partial charge in [-0.25, -0.2) is 15.0 Å². The highest BCUT2D eigenvalue weighted by Crippen LogP contribution is 2.34. The molecule has 0 saturated carbocycles. The van der Waals surface area contributed by atoms with E-state index in [-0.39, 0.29) is 0 Å². The lowest BCUT2D eigenvalue weighted by atomic mass is 10.1. The largest absolute Gasteiger partial charge is 0.417 e. The number of alkyl halides is 3. The number of aryl methyl sites for hydroxylation is 2. The summed E-state index contributed by atoms with van der Waals surface area (Å²) in [5, 5.41) is 0.984. The van der Waals surface area contributed by atoms with Gasteiger partial charge in [0.1, 0.15) is 5.65 Å². The Hall–Kier alpha value is -2.87. The summed E-state index contributed by atoms with van der Waals surface area (Å²) in [5.74, 6) is 0.806. The van der Waals surface area contributed by atoms with Crippen LogP contribution in [0, 0.1) is 6.92 Å². The minimum absolute atomic E-state index is 0.391. The van der Waals surface area contributed by atoms with Crippen molar-refractivity contribution in [2.75, 3.05) is 5.75 Å². The third-order valence-electron chi connectivity index (χ3n) is 4.53. The van der Waals surface area contributed by atoms with Gasteiger partial charge in [0.25, 0.3) is 0 Å². The van der Waals surface area contributed by atoms with Gasteiger partial charge < -0.3 is 4.98 Å². The fraction of sp³-hybridized carbons (Fsp3) is 0.190. The quantitative estimate of drug-likeness (QED) is 0.337. The molecule has 4 nitrogen and oxygen atoms in total. The number of nitrogens with one attached hydrogen (secondary N) is 1. The van der Waals surface area contributed by atoms with E-state index in [1.807, 2.05) is 25.1 Å². The Kier molecular flexibility index (Phi) is 5.27. The van der Waals surface area contributed by atoms with Crippen LogP contribution >= 0.6 is 11.8 Å². The lowest BCUT2D eigenvalue weighted by Gasteiger charge is -2.08. The summed E-state index contributed by atoms with van der Waals surface area (Å²) in [6.45, 7) is 1.84. The Labute approximate surface area is 169 Å². The van der Waals surface area contributed by atoms with Crippen LogP contribution in [0.1, 0.15) is 16.7 Å². The lowest BCUT2D eigenvalue weighted by molar-refractivity contribution is -0.137. The van der Waals surface area contributed by atoms with Crippen LogP contribution in [0.2, 0.25) is 0 Å². The predicted molar refractivity (Wildman–Crippen MR) is 108 cm³/mol. The van der Waals surface area contributed by atoms with Gasteiger partial charge in [0.05, 0.1) is 11.3 Å². The van der Waals surface area contributed by atoms with E-state index in [0.29, 0.717) is 27.4 Å². The maximum absolute atomic E-state index is 13.1. The number of H-pyrrole nitrogens is 1. The monoisotopic (exact) mass is 414 g/mol. The number of pyridine rings is 1. The van der Waals surface area contributed by atoms with E-state index in [1.54, 1.807) is 12.4 Å².